The molecule has 2 heterocycles. The molecule has 0 saturated heterocycles. The van der Waals surface area contributed by atoms with Crippen molar-refractivity contribution in [2.45, 2.75) is 12.0 Å². The number of halogens is 2. The first kappa shape index (κ1) is 17.5. The van der Waals surface area contributed by atoms with E-state index < -0.39 is 11.4 Å². The van der Waals surface area contributed by atoms with Gasteiger partial charge in [0.15, 0.2) is 0 Å². The van der Waals surface area contributed by atoms with Crippen LogP contribution in [0.3, 0.4) is 0 Å². The molecule has 0 unspecified atom stereocenters. The van der Waals surface area contributed by atoms with Gasteiger partial charge in [0.1, 0.15) is 22.8 Å². The molecule has 0 spiro atoms. The third kappa shape index (κ3) is 3.15. The van der Waals surface area contributed by atoms with Crippen LogP contribution in [-0.4, -0.2) is 17.5 Å². The molecule has 1 aliphatic heterocycles. The number of rotatable bonds is 3. The summed E-state index contributed by atoms with van der Waals surface area (Å²) in [6.45, 7) is 0.359. The number of benzene rings is 2. The van der Waals surface area contributed by atoms with Gasteiger partial charge in [-0.15, -0.1) is 0 Å². The van der Waals surface area contributed by atoms with Crippen molar-refractivity contribution in [3.63, 3.8) is 0 Å². The van der Waals surface area contributed by atoms with Crippen molar-refractivity contribution in [1.82, 2.24) is 10.3 Å². The Hall–Kier alpha value is -2.92. The normalized spacial score (nSPS) is 18.3. The van der Waals surface area contributed by atoms with Crippen LogP contribution < -0.4 is 10.1 Å². The summed E-state index contributed by atoms with van der Waals surface area (Å²) in [4.78, 5) is 17.4. The number of hydrogen-bond acceptors (Lipinski definition) is 3. The minimum Gasteiger partial charge on any atom is -0.491 e. The Morgan fingerprint density at radius 3 is 2.74 bits per heavy atom. The van der Waals surface area contributed by atoms with Gasteiger partial charge >= 0.3 is 0 Å². The average Bonchev–Trinajstić information content (AvgIpc) is 2.71. The number of carbonyl (C=O) groups is 1. The van der Waals surface area contributed by atoms with Crippen molar-refractivity contribution in [2.24, 2.45) is 0 Å². The zero-order chi connectivity index (χ0) is 18.9. The molecule has 27 heavy (non-hydrogen) atoms. The van der Waals surface area contributed by atoms with Gasteiger partial charge in [0, 0.05) is 18.2 Å². The van der Waals surface area contributed by atoms with Crippen LogP contribution in [0.4, 0.5) is 4.39 Å². The predicted octanol–water partition coefficient (Wildman–Crippen LogP) is 4.33. The summed E-state index contributed by atoms with van der Waals surface area (Å²) in [5.74, 6) is -0.261. The summed E-state index contributed by atoms with van der Waals surface area (Å²) in [6.07, 6.45) is 2.04. The average molecular weight is 383 g/mol. The molecule has 4 nitrogen and oxygen atoms in total. The highest BCUT2D eigenvalue weighted by molar-refractivity contribution is 6.30. The second-order valence-electron chi connectivity index (χ2n) is 6.30. The molecular weight excluding hydrogens is 367 g/mol. The van der Waals surface area contributed by atoms with Gasteiger partial charge in [0.25, 0.3) is 5.91 Å². The molecular formula is C21H16ClFN2O2. The highest BCUT2D eigenvalue weighted by atomic mass is 35.5. The van der Waals surface area contributed by atoms with Gasteiger partial charge < -0.3 is 10.1 Å². The number of pyridine rings is 1. The minimum absolute atomic E-state index is 0.0246. The van der Waals surface area contributed by atoms with Gasteiger partial charge in [-0.05, 0) is 42.0 Å². The molecule has 2 aromatic carbocycles. The van der Waals surface area contributed by atoms with Crippen LogP contribution in [0.5, 0.6) is 5.75 Å². The lowest BCUT2D eigenvalue weighted by Gasteiger charge is -2.39. The summed E-state index contributed by atoms with van der Waals surface area (Å²) >= 11 is 5.86. The van der Waals surface area contributed by atoms with E-state index in [0.717, 1.165) is 0 Å². The maximum Gasteiger partial charge on any atom is 0.252 e. The molecule has 1 amide bonds. The van der Waals surface area contributed by atoms with E-state index >= 15 is 0 Å². The Morgan fingerprint density at radius 2 is 1.96 bits per heavy atom. The van der Waals surface area contributed by atoms with Gasteiger partial charge in [-0.1, -0.05) is 35.9 Å². The first-order valence-electron chi connectivity index (χ1n) is 8.51. The van der Waals surface area contributed by atoms with E-state index in [2.05, 4.69) is 10.3 Å². The molecule has 1 N–H and O–H groups in total. The van der Waals surface area contributed by atoms with Crippen LogP contribution in [0.2, 0.25) is 5.02 Å². The zero-order valence-corrected chi connectivity index (χ0v) is 15.0. The van der Waals surface area contributed by atoms with E-state index in [1.165, 1.54) is 12.1 Å². The maximum absolute atomic E-state index is 14.2. The first-order valence-corrected chi connectivity index (χ1v) is 8.89. The third-order valence-corrected chi connectivity index (χ3v) is 4.99. The molecule has 0 bridgehead atoms. The predicted molar refractivity (Wildman–Crippen MR) is 100 cm³/mol. The lowest BCUT2D eigenvalue weighted by molar-refractivity contribution is 0.0883. The number of fused-ring (bicyclic) bond motifs is 1. The molecule has 1 aliphatic rings. The van der Waals surface area contributed by atoms with Crippen LogP contribution in [0.15, 0.2) is 66.9 Å². The van der Waals surface area contributed by atoms with E-state index in [0.29, 0.717) is 35.6 Å². The number of nitrogens with zero attached hydrogens (tertiary/aromatic N) is 1. The van der Waals surface area contributed by atoms with Crippen LogP contribution in [0.1, 0.15) is 28.0 Å². The van der Waals surface area contributed by atoms with E-state index in [-0.39, 0.29) is 10.9 Å². The SMILES string of the molecule is O=C(N[C@]1(c2ccc(Cl)c(F)c2)CCOc2cccnc21)c1ccccc1. The fraction of sp³-hybridized carbons (Fsp3) is 0.143. The standard InChI is InChI=1S/C21H16ClFN2O2/c22-16-9-8-15(13-17(16)23)21(25-20(26)14-5-2-1-3-6-14)10-12-27-18-7-4-11-24-19(18)21/h1-9,11,13H,10,12H2,(H,25,26)/t21-/m0/s1. The second kappa shape index (κ2) is 7.00. The van der Waals surface area contributed by atoms with Crippen molar-refractivity contribution < 1.29 is 13.9 Å². The molecule has 1 atom stereocenters. The van der Waals surface area contributed by atoms with Crippen molar-refractivity contribution in [3.05, 3.63) is 94.5 Å². The number of nitrogens with one attached hydrogen (secondary N) is 1. The quantitative estimate of drug-likeness (QED) is 0.733. The smallest absolute Gasteiger partial charge is 0.252 e. The van der Waals surface area contributed by atoms with Crippen molar-refractivity contribution in [3.8, 4) is 5.75 Å². The van der Waals surface area contributed by atoms with Gasteiger partial charge in [-0.25, -0.2) is 4.39 Å². The van der Waals surface area contributed by atoms with Crippen molar-refractivity contribution >= 4 is 17.5 Å². The number of amides is 1. The molecule has 4 rings (SSSR count). The first-order chi connectivity index (χ1) is 13.1. The van der Waals surface area contributed by atoms with Crippen molar-refractivity contribution in [1.29, 1.82) is 0 Å². The van der Waals surface area contributed by atoms with E-state index in [1.54, 1.807) is 48.7 Å². The molecule has 0 fully saturated rings. The minimum atomic E-state index is -1.02. The fourth-order valence-electron chi connectivity index (χ4n) is 3.35. The molecule has 0 aliphatic carbocycles. The molecule has 136 valence electrons. The van der Waals surface area contributed by atoms with E-state index in [4.69, 9.17) is 16.3 Å². The third-order valence-electron chi connectivity index (χ3n) is 4.68. The fourth-order valence-corrected chi connectivity index (χ4v) is 3.47. The monoisotopic (exact) mass is 382 g/mol. The van der Waals surface area contributed by atoms with Crippen molar-refractivity contribution in [2.75, 3.05) is 6.61 Å². The van der Waals surface area contributed by atoms with Gasteiger partial charge in [-0.2, -0.15) is 0 Å². The molecule has 1 aromatic heterocycles. The lowest BCUT2D eigenvalue weighted by atomic mass is 9.81. The van der Waals surface area contributed by atoms with Crippen LogP contribution in [-0.2, 0) is 5.54 Å². The molecule has 3 aromatic rings. The van der Waals surface area contributed by atoms with Gasteiger partial charge in [0.05, 0.1) is 11.6 Å². The van der Waals surface area contributed by atoms with E-state index in [1.807, 2.05) is 6.07 Å². The number of ether oxygens (including phenoxy) is 1. The lowest BCUT2D eigenvalue weighted by Crippen LogP contribution is -2.50. The van der Waals surface area contributed by atoms with Gasteiger partial charge in [-0.3, -0.25) is 9.78 Å². The van der Waals surface area contributed by atoms with Gasteiger partial charge in [0.2, 0.25) is 0 Å². The Bertz CT molecular complexity index is 996. The summed E-state index contributed by atoms with van der Waals surface area (Å²) in [6, 6.07) is 17.0. The summed E-state index contributed by atoms with van der Waals surface area (Å²) in [5, 5.41) is 3.10. The van der Waals surface area contributed by atoms with Crippen LogP contribution in [0, 0.1) is 5.82 Å². The second-order valence-corrected chi connectivity index (χ2v) is 6.71. The number of hydrogen-bond donors (Lipinski definition) is 1. The van der Waals surface area contributed by atoms with Crippen LogP contribution in [0.25, 0.3) is 0 Å². The Morgan fingerprint density at radius 1 is 1.15 bits per heavy atom. The topological polar surface area (TPSA) is 51.2 Å². The Balaban J connectivity index is 1.86. The Kier molecular flexibility index (Phi) is 4.54. The largest absolute Gasteiger partial charge is 0.491 e. The highest BCUT2D eigenvalue weighted by Gasteiger charge is 2.42. The number of carbonyl (C=O) groups excluding carboxylic acids is 1. The Labute approximate surface area is 161 Å². The zero-order valence-electron chi connectivity index (χ0n) is 14.3. The summed E-state index contributed by atoms with van der Waals surface area (Å²) in [5.41, 5.74) is 0.599. The summed E-state index contributed by atoms with van der Waals surface area (Å²) < 4.78 is 20.0. The number of aromatic nitrogens is 1. The molecule has 0 saturated carbocycles. The highest BCUT2D eigenvalue weighted by Crippen LogP contribution is 2.41. The molecule has 0 radical (unpaired) electrons. The maximum atomic E-state index is 14.2. The van der Waals surface area contributed by atoms with E-state index in [9.17, 15) is 9.18 Å². The van der Waals surface area contributed by atoms with Crippen LogP contribution >= 0.6 is 11.6 Å². The molecule has 6 heteroatoms. The summed E-state index contributed by atoms with van der Waals surface area (Å²) in [7, 11) is 0.